The van der Waals surface area contributed by atoms with Crippen LogP contribution < -0.4 is 14.8 Å². The van der Waals surface area contributed by atoms with Gasteiger partial charge in [-0.3, -0.25) is 4.79 Å². The molecule has 0 aliphatic carbocycles. The fourth-order valence-corrected chi connectivity index (χ4v) is 2.39. The van der Waals surface area contributed by atoms with Crippen molar-refractivity contribution < 1.29 is 14.3 Å². The third kappa shape index (κ3) is 4.15. The first-order valence-electron chi connectivity index (χ1n) is 6.98. The van der Waals surface area contributed by atoms with Crippen LogP contribution in [0, 0.1) is 11.3 Å². The second kappa shape index (κ2) is 8.18. The van der Waals surface area contributed by atoms with Gasteiger partial charge >= 0.3 is 0 Å². The Bertz CT molecular complexity index is 825. The number of nitrogens with zero attached hydrogens (tertiary/aromatic N) is 1. The van der Waals surface area contributed by atoms with Crippen LogP contribution in [0.25, 0.3) is 6.08 Å². The van der Waals surface area contributed by atoms with E-state index in [0.29, 0.717) is 22.7 Å². The van der Waals surface area contributed by atoms with Gasteiger partial charge in [0.1, 0.15) is 11.6 Å². The molecule has 0 bridgehead atoms. The van der Waals surface area contributed by atoms with Gasteiger partial charge in [-0.05, 0) is 51.8 Å². The number of nitrogens with one attached hydrogen (secondary N) is 1. The third-order valence-electron chi connectivity index (χ3n) is 3.21. The smallest absolute Gasteiger partial charge is 0.266 e. The molecule has 6 heteroatoms. The summed E-state index contributed by atoms with van der Waals surface area (Å²) >= 11 is 3.35. The predicted octanol–water partition coefficient (Wildman–Crippen LogP) is 4.01. The van der Waals surface area contributed by atoms with E-state index in [0.717, 1.165) is 4.47 Å². The van der Waals surface area contributed by atoms with E-state index >= 15 is 0 Å². The van der Waals surface area contributed by atoms with E-state index in [2.05, 4.69) is 21.2 Å². The van der Waals surface area contributed by atoms with Crippen LogP contribution in [0.5, 0.6) is 11.5 Å². The van der Waals surface area contributed by atoms with Crippen LogP contribution in [0.15, 0.2) is 52.5 Å². The molecular formula is C18H15BrN2O3. The topological polar surface area (TPSA) is 71.3 Å². The lowest BCUT2D eigenvalue weighted by molar-refractivity contribution is -0.112. The second-order valence-corrected chi connectivity index (χ2v) is 5.57. The summed E-state index contributed by atoms with van der Waals surface area (Å²) in [6.45, 7) is 0. The quantitative estimate of drug-likeness (QED) is 0.622. The van der Waals surface area contributed by atoms with Gasteiger partial charge in [0.05, 0.1) is 19.9 Å². The molecule has 0 spiro atoms. The van der Waals surface area contributed by atoms with Gasteiger partial charge in [0.2, 0.25) is 0 Å². The molecule has 0 aliphatic rings. The molecule has 1 N–H and O–H groups in total. The Balaban J connectivity index is 2.27. The monoisotopic (exact) mass is 386 g/mol. The summed E-state index contributed by atoms with van der Waals surface area (Å²) in [5, 5.41) is 12.0. The lowest BCUT2D eigenvalue weighted by atomic mass is 10.1. The number of ether oxygens (including phenoxy) is 2. The first-order chi connectivity index (χ1) is 11.6. The molecule has 122 valence electrons. The summed E-state index contributed by atoms with van der Waals surface area (Å²) < 4.78 is 11.1. The van der Waals surface area contributed by atoms with Gasteiger partial charge in [-0.1, -0.05) is 18.2 Å². The maximum absolute atomic E-state index is 12.3. The standard InChI is InChI=1S/C18H15BrN2O3/c1-23-16-8-7-12(10-17(16)24-2)9-13(11-20)18(22)21-15-6-4-3-5-14(15)19/h3-10H,1-2H3,(H,21,22)/b13-9-. The van der Waals surface area contributed by atoms with Crippen molar-refractivity contribution >= 4 is 33.6 Å². The molecular weight excluding hydrogens is 372 g/mol. The molecule has 0 saturated heterocycles. The van der Waals surface area contributed by atoms with Crippen molar-refractivity contribution in [2.75, 3.05) is 19.5 Å². The highest BCUT2D eigenvalue weighted by Crippen LogP contribution is 2.28. The molecule has 2 aromatic carbocycles. The Morgan fingerprint density at radius 3 is 2.50 bits per heavy atom. The SMILES string of the molecule is COc1ccc(/C=C(/C#N)C(=O)Nc2ccccc2Br)cc1OC. The fraction of sp³-hybridized carbons (Fsp3) is 0.111. The van der Waals surface area contributed by atoms with Gasteiger partial charge in [0, 0.05) is 4.47 Å². The van der Waals surface area contributed by atoms with Crippen molar-refractivity contribution in [3.05, 3.63) is 58.1 Å². The van der Waals surface area contributed by atoms with Crippen LogP contribution in [-0.2, 0) is 4.79 Å². The van der Waals surface area contributed by atoms with Crippen LogP contribution in [0.4, 0.5) is 5.69 Å². The zero-order valence-corrected chi connectivity index (χ0v) is 14.8. The van der Waals surface area contributed by atoms with Crippen LogP contribution in [0.1, 0.15) is 5.56 Å². The minimum Gasteiger partial charge on any atom is -0.493 e. The minimum atomic E-state index is -0.487. The van der Waals surface area contributed by atoms with Gasteiger partial charge in [-0.2, -0.15) is 5.26 Å². The van der Waals surface area contributed by atoms with Gasteiger partial charge < -0.3 is 14.8 Å². The fourth-order valence-electron chi connectivity index (χ4n) is 2.01. The van der Waals surface area contributed by atoms with E-state index in [-0.39, 0.29) is 5.57 Å². The number of hydrogen-bond acceptors (Lipinski definition) is 4. The highest BCUT2D eigenvalue weighted by molar-refractivity contribution is 9.10. The maximum atomic E-state index is 12.3. The number of rotatable bonds is 5. The number of carbonyl (C=O) groups excluding carboxylic acids is 1. The van der Waals surface area contributed by atoms with Crippen molar-refractivity contribution in [1.29, 1.82) is 5.26 Å². The van der Waals surface area contributed by atoms with Crippen molar-refractivity contribution in [3.8, 4) is 17.6 Å². The average Bonchev–Trinajstić information content (AvgIpc) is 2.61. The number of nitriles is 1. The van der Waals surface area contributed by atoms with E-state index < -0.39 is 5.91 Å². The molecule has 0 aliphatic heterocycles. The molecule has 2 aromatic rings. The van der Waals surface area contributed by atoms with E-state index in [4.69, 9.17) is 9.47 Å². The number of hydrogen-bond donors (Lipinski definition) is 1. The van der Waals surface area contributed by atoms with E-state index in [1.54, 1.807) is 43.5 Å². The van der Waals surface area contributed by atoms with Crippen molar-refractivity contribution in [3.63, 3.8) is 0 Å². The highest BCUT2D eigenvalue weighted by Gasteiger charge is 2.12. The molecule has 0 atom stereocenters. The molecule has 5 nitrogen and oxygen atoms in total. The molecule has 0 radical (unpaired) electrons. The zero-order chi connectivity index (χ0) is 17.5. The maximum Gasteiger partial charge on any atom is 0.266 e. The Hall–Kier alpha value is -2.78. The molecule has 0 aromatic heterocycles. The Morgan fingerprint density at radius 1 is 1.17 bits per heavy atom. The van der Waals surface area contributed by atoms with Crippen LogP contribution in [-0.4, -0.2) is 20.1 Å². The number of halogens is 1. The lowest BCUT2D eigenvalue weighted by Gasteiger charge is -2.08. The van der Waals surface area contributed by atoms with E-state index in [9.17, 15) is 10.1 Å². The summed E-state index contributed by atoms with van der Waals surface area (Å²) in [6, 6.07) is 14.3. The first kappa shape index (κ1) is 17.6. The number of carbonyl (C=O) groups is 1. The van der Waals surface area contributed by atoms with Gasteiger partial charge in [-0.25, -0.2) is 0 Å². The minimum absolute atomic E-state index is 0.0158. The summed E-state index contributed by atoms with van der Waals surface area (Å²) in [5.41, 5.74) is 1.24. The van der Waals surface area contributed by atoms with Crippen molar-refractivity contribution in [1.82, 2.24) is 0 Å². The number of benzene rings is 2. The summed E-state index contributed by atoms with van der Waals surface area (Å²) in [4.78, 5) is 12.3. The molecule has 24 heavy (non-hydrogen) atoms. The van der Waals surface area contributed by atoms with Crippen molar-refractivity contribution in [2.45, 2.75) is 0 Å². The molecule has 0 unspecified atom stereocenters. The van der Waals surface area contributed by atoms with Gasteiger partial charge in [-0.15, -0.1) is 0 Å². The van der Waals surface area contributed by atoms with Gasteiger partial charge in [0.15, 0.2) is 11.5 Å². The number of anilines is 1. The number of para-hydroxylation sites is 1. The molecule has 0 fully saturated rings. The van der Waals surface area contributed by atoms with Crippen LogP contribution in [0.2, 0.25) is 0 Å². The number of methoxy groups -OCH3 is 2. The average molecular weight is 387 g/mol. The zero-order valence-electron chi connectivity index (χ0n) is 13.2. The Labute approximate surface area is 148 Å². The van der Waals surface area contributed by atoms with E-state index in [1.165, 1.54) is 13.2 Å². The second-order valence-electron chi connectivity index (χ2n) is 4.72. The molecule has 2 rings (SSSR count). The normalized spacial score (nSPS) is 10.7. The Kier molecular flexibility index (Phi) is 5.99. The van der Waals surface area contributed by atoms with Crippen molar-refractivity contribution in [2.24, 2.45) is 0 Å². The highest BCUT2D eigenvalue weighted by atomic mass is 79.9. The van der Waals surface area contributed by atoms with Crippen LogP contribution in [0.3, 0.4) is 0 Å². The molecule has 0 heterocycles. The van der Waals surface area contributed by atoms with Gasteiger partial charge in [0.25, 0.3) is 5.91 Å². The Morgan fingerprint density at radius 2 is 1.88 bits per heavy atom. The molecule has 0 saturated carbocycles. The van der Waals surface area contributed by atoms with E-state index in [1.807, 2.05) is 12.1 Å². The summed E-state index contributed by atoms with van der Waals surface area (Å²) in [6.07, 6.45) is 1.49. The summed E-state index contributed by atoms with van der Waals surface area (Å²) in [5.74, 6) is 0.611. The number of amides is 1. The predicted molar refractivity (Wildman–Crippen MR) is 95.9 cm³/mol. The first-order valence-corrected chi connectivity index (χ1v) is 7.78. The largest absolute Gasteiger partial charge is 0.493 e. The third-order valence-corrected chi connectivity index (χ3v) is 3.90. The summed E-state index contributed by atoms with van der Waals surface area (Å²) in [7, 11) is 3.06. The lowest BCUT2D eigenvalue weighted by Crippen LogP contribution is -2.13. The molecule has 1 amide bonds. The van der Waals surface area contributed by atoms with Crippen LogP contribution >= 0.6 is 15.9 Å².